The first kappa shape index (κ1) is 31.4. The summed E-state index contributed by atoms with van der Waals surface area (Å²) in [5.74, 6) is 3.87. The van der Waals surface area contributed by atoms with E-state index in [1.807, 2.05) is 0 Å². The van der Waals surface area contributed by atoms with Crippen molar-refractivity contribution < 1.29 is 29.0 Å². The molecule has 7 N–H and O–H groups in total. The molecule has 0 spiro atoms. The van der Waals surface area contributed by atoms with Gasteiger partial charge in [0, 0.05) is 31.9 Å². The van der Waals surface area contributed by atoms with E-state index in [-0.39, 0.29) is 42.6 Å². The van der Waals surface area contributed by atoms with Gasteiger partial charge in [-0.25, -0.2) is 15.6 Å². The van der Waals surface area contributed by atoms with Crippen LogP contribution >= 0.6 is 11.6 Å². The maximum atomic E-state index is 12.7. The van der Waals surface area contributed by atoms with E-state index in [1.54, 1.807) is 20.8 Å². The second-order valence-corrected chi connectivity index (χ2v) is 9.38. The number of nitrogens with two attached hydrogens (primary N) is 2. The highest BCUT2D eigenvalue weighted by Gasteiger charge is 2.24. The zero-order chi connectivity index (χ0) is 28.0. The zero-order valence-electron chi connectivity index (χ0n) is 21.3. The third kappa shape index (κ3) is 13.3. The Balaban J connectivity index is 2.72. The molecule has 14 heteroatoms. The Hall–Kier alpha value is -3.58. The van der Waals surface area contributed by atoms with E-state index in [0.717, 1.165) is 0 Å². The maximum Gasteiger partial charge on any atom is 0.410 e. The van der Waals surface area contributed by atoms with Crippen LogP contribution in [-0.4, -0.2) is 75.7 Å². The molecule has 3 amide bonds. The quantitative estimate of drug-likeness (QED) is 0.100. The molecular formula is C23H36ClN7O6. The van der Waals surface area contributed by atoms with Crippen LogP contribution in [0.4, 0.5) is 10.5 Å². The number of aliphatic carboxylic acids is 1. The zero-order valence-corrected chi connectivity index (χ0v) is 22.1. The molecule has 0 aliphatic carbocycles. The number of hydrogen-bond acceptors (Lipinski definition) is 9. The van der Waals surface area contributed by atoms with E-state index in [4.69, 9.17) is 33.0 Å². The second-order valence-electron chi connectivity index (χ2n) is 9.02. The topological polar surface area (TPSA) is 193 Å². The van der Waals surface area contributed by atoms with Crippen molar-refractivity contribution in [1.29, 1.82) is 0 Å². The molecule has 0 aliphatic rings. The number of hydrazine groups is 1. The Kier molecular flexibility index (Phi) is 13.2. The Bertz CT molecular complexity index is 967. The number of hydrogen-bond donors (Lipinski definition) is 5. The molecule has 0 fully saturated rings. The van der Waals surface area contributed by atoms with Crippen LogP contribution in [0.1, 0.15) is 56.9 Å². The fraction of sp³-hybridized carbons (Fsp3) is 0.522. The van der Waals surface area contributed by atoms with Crippen molar-refractivity contribution in [1.82, 2.24) is 20.2 Å². The minimum Gasteiger partial charge on any atom is -0.481 e. The minimum atomic E-state index is -0.852. The van der Waals surface area contributed by atoms with Crippen LogP contribution < -0.4 is 22.2 Å². The maximum absolute atomic E-state index is 12.7. The number of pyridine rings is 1. The summed E-state index contributed by atoms with van der Waals surface area (Å²) in [4.78, 5) is 53.2. The number of carbonyl (C=O) groups excluding carboxylic acids is 3. The van der Waals surface area contributed by atoms with Gasteiger partial charge in [0.2, 0.25) is 5.91 Å². The number of nitrogens with one attached hydrogen (secondary N) is 2. The largest absolute Gasteiger partial charge is 0.481 e. The number of ether oxygens (including phenoxy) is 1. The van der Waals surface area contributed by atoms with Crippen molar-refractivity contribution in [3.05, 3.63) is 35.4 Å². The van der Waals surface area contributed by atoms with Gasteiger partial charge in [-0.1, -0.05) is 18.0 Å². The number of unbranched alkanes of at least 4 members (excludes halogenated alkanes) is 2. The van der Waals surface area contributed by atoms with Crippen molar-refractivity contribution in [3.8, 4) is 0 Å². The van der Waals surface area contributed by atoms with Crippen molar-refractivity contribution >= 4 is 41.2 Å². The minimum absolute atomic E-state index is 0.0555. The average Bonchev–Trinajstić information content (AvgIpc) is 2.78. The number of carboxylic acids is 1. The Morgan fingerprint density at radius 2 is 1.86 bits per heavy atom. The number of aromatic nitrogens is 1. The molecule has 0 unspecified atom stereocenters. The molecule has 0 aliphatic heterocycles. The van der Waals surface area contributed by atoms with Crippen LogP contribution in [0.25, 0.3) is 0 Å². The third-order valence-corrected chi connectivity index (χ3v) is 4.89. The van der Waals surface area contributed by atoms with Crippen LogP contribution in [0.15, 0.2) is 24.5 Å². The predicted octanol–water partition coefficient (Wildman–Crippen LogP) is 1.89. The number of amides is 3. The van der Waals surface area contributed by atoms with Crippen molar-refractivity contribution in [3.63, 3.8) is 0 Å². The highest BCUT2D eigenvalue weighted by atomic mass is 35.5. The normalized spacial score (nSPS) is 11.2. The Morgan fingerprint density at radius 3 is 2.46 bits per heavy atom. The molecule has 0 saturated carbocycles. The van der Waals surface area contributed by atoms with Gasteiger partial charge in [0.25, 0.3) is 5.91 Å². The highest BCUT2D eigenvalue weighted by Crippen LogP contribution is 2.20. The van der Waals surface area contributed by atoms with E-state index >= 15 is 0 Å². The highest BCUT2D eigenvalue weighted by molar-refractivity contribution is 6.32. The summed E-state index contributed by atoms with van der Waals surface area (Å²) in [7, 11) is 0. The van der Waals surface area contributed by atoms with Crippen molar-refractivity contribution in [2.45, 2.75) is 52.1 Å². The second kappa shape index (κ2) is 15.5. The van der Waals surface area contributed by atoms with E-state index in [1.165, 1.54) is 34.4 Å². The van der Waals surface area contributed by atoms with E-state index in [0.29, 0.717) is 25.8 Å². The molecule has 0 atom stereocenters. The Morgan fingerprint density at radius 1 is 1.16 bits per heavy atom. The third-order valence-electron chi connectivity index (χ3n) is 4.60. The van der Waals surface area contributed by atoms with Gasteiger partial charge < -0.3 is 31.2 Å². The first-order valence-electron chi connectivity index (χ1n) is 11.7. The lowest BCUT2D eigenvalue weighted by molar-refractivity contribution is -0.137. The molecule has 0 radical (unpaired) electrons. The van der Waals surface area contributed by atoms with E-state index in [2.05, 4.69) is 15.6 Å². The Labute approximate surface area is 221 Å². The summed E-state index contributed by atoms with van der Waals surface area (Å²) in [6.07, 6.45) is 3.86. The number of nitrogens with zero attached hydrogens (tertiary/aromatic N) is 3. The van der Waals surface area contributed by atoms with E-state index < -0.39 is 29.5 Å². The molecule has 1 heterocycles. The molecular weight excluding hydrogens is 506 g/mol. The van der Waals surface area contributed by atoms with Crippen LogP contribution in [-0.2, 0) is 14.3 Å². The number of halogens is 1. The summed E-state index contributed by atoms with van der Waals surface area (Å²) in [6.45, 7) is 5.39. The smallest absolute Gasteiger partial charge is 0.410 e. The lowest BCUT2D eigenvalue weighted by atomic mass is 10.2. The van der Waals surface area contributed by atoms with Crippen LogP contribution in [0.2, 0.25) is 5.15 Å². The van der Waals surface area contributed by atoms with Gasteiger partial charge in [0.15, 0.2) is 5.15 Å². The predicted molar refractivity (Wildman–Crippen MR) is 138 cm³/mol. The van der Waals surface area contributed by atoms with Gasteiger partial charge in [-0.15, -0.1) is 0 Å². The molecule has 1 aromatic heterocycles. The van der Waals surface area contributed by atoms with Gasteiger partial charge >= 0.3 is 12.1 Å². The van der Waals surface area contributed by atoms with Crippen LogP contribution in [0.3, 0.4) is 0 Å². The first-order chi connectivity index (χ1) is 17.3. The first-order valence-corrected chi connectivity index (χ1v) is 12.0. The average molecular weight is 542 g/mol. The molecule has 1 aromatic rings. The summed E-state index contributed by atoms with van der Waals surface area (Å²) >= 11 is 6.16. The van der Waals surface area contributed by atoms with Crippen LogP contribution in [0.5, 0.6) is 0 Å². The fourth-order valence-corrected chi connectivity index (χ4v) is 3.07. The summed E-state index contributed by atoms with van der Waals surface area (Å²) in [6, 6.07) is 2.83. The number of anilines is 1. The lowest BCUT2D eigenvalue weighted by Gasteiger charge is -2.28. The molecule has 37 heavy (non-hydrogen) atoms. The van der Waals surface area contributed by atoms with Gasteiger partial charge in [-0.05, 0) is 45.7 Å². The molecule has 1 rings (SSSR count). The summed E-state index contributed by atoms with van der Waals surface area (Å²) in [5, 5.41) is 15.0. The lowest BCUT2D eigenvalue weighted by Crippen LogP contribution is -2.45. The molecule has 13 nitrogen and oxygen atoms in total. The van der Waals surface area contributed by atoms with Gasteiger partial charge in [0.05, 0.1) is 12.2 Å². The SMILES string of the molecule is CC(C)(C)OC(=O)N(CCN(N)/C=C\N)CC(=O)Nc1ccc(C(=O)NCCCCCC(=O)O)nc1Cl. The number of carboxylic acid groups (broad SMARTS) is 1. The monoisotopic (exact) mass is 541 g/mol. The van der Waals surface area contributed by atoms with Crippen LogP contribution in [0, 0.1) is 0 Å². The summed E-state index contributed by atoms with van der Waals surface area (Å²) < 4.78 is 5.37. The van der Waals surface area contributed by atoms with E-state index in [9.17, 15) is 19.2 Å². The van der Waals surface area contributed by atoms with Gasteiger partial charge in [-0.3, -0.25) is 19.3 Å². The molecule has 0 aromatic carbocycles. The summed E-state index contributed by atoms with van der Waals surface area (Å²) in [5.41, 5.74) is 4.75. The number of carbonyl (C=O) groups is 4. The standard InChI is InChI=1S/C23H36ClN7O6/c1-23(2,3)37-22(36)30(13-14-31(26)12-10-25)15-18(32)28-16-8-9-17(29-20(16)24)21(35)27-11-6-4-5-7-19(33)34/h8-10,12H,4-7,11,13-15,25-26H2,1-3H3,(H,27,35)(H,28,32)(H,33,34)/b12-10-. The molecule has 0 saturated heterocycles. The van der Waals surface area contributed by atoms with Gasteiger partial charge in [-0.2, -0.15) is 0 Å². The van der Waals surface area contributed by atoms with Gasteiger partial charge in [0.1, 0.15) is 17.8 Å². The number of rotatable bonds is 14. The molecule has 206 valence electrons. The van der Waals surface area contributed by atoms with Crippen molar-refractivity contribution in [2.75, 3.05) is 31.5 Å². The fourth-order valence-electron chi connectivity index (χ4n) is 2.87. The molecule has 0 bridgehead atoms. The van der Waals surface area contributed by atoms with Crippen molar-refractivity contribution in [2.24, 2.45) is 11.6 Å².